The summed E-state index contributed by atoms with van der Waals surface area (Å²) in [6.07, 6.45) is 1.61. The Morgan fingerprint density at radius 1 is 1.64 bits per heavy atom. The maximum absolute atomic E-state index is 10.6. The molecule has 0 unspecified atom stereocenters. The quantitative estimate of drug-likeness (QED) is 0.822. The maximum atomic E-state index is 10.6. The molecule has 2 aromatic rings. The minimum atomic E-state index is -0.935. The van der Waals surface area contributed by atoms with Crippen LogP contribution in [0.1, 0.15) is 0 Å². The molecule has 2 aromatic heterocycles. The number of hydrogen-bond donors (Lipinski definition) is 1. The first-order valence-corrected chi connectivity index (χ1v) is 4.38. The number of fused-ring (bicyclic) bond motifs is 1. The van der Waals surface area contributed by atoms with Gasteiger partial charge in [-0.25, -0.2) is 4.98 Å². The SMILES string of the molecule is O=C(O)Cn1c(Cl)cc2cccnc21. The first-order valence-electron chi connectivity index (χ1n) is 4.00. The number of nitrogens with zero attached hydrogens (tertiary/aromatic N) is 2. The summed E-state index contributed by atoms with van der Waals surface area (Å²) in [5.74, 6) is -0.935. The van der Waals surface area contributed by atoms with Crippen molar-refractivity contribution in [2.45, 2.75) is 6.54 Å². The van der Waals surface area contributed by atoms with Gasteiger partial charge >= 0.3 is 5.97 Å². The van der Waals surface area contributed by atoms with Crippen molar-refractivity contribution in [3.05, 3.63) is 29.5 Å². The predicted octanol–water partition coefficient (Wildman–Crippen LogP) is 1.77. The molecule has 0 radical (unpaired) electrons. The van der Waals surface area contributed by atoms with Crippen molar-refractivity contribution in [3.8, 4) is 0 Å². The minimum Gasteiger partial charge on any atom is -0.480 e. The molecular formula is C9H7ClN2O2. The summed E-state index contributed by atoms with van der Waals surface area (Å²) in [5, 5.41) is 9.90. The van der Waals surface area contributed by atoms with Gasteiger partial charge in [-0.15, -0.1) is 0 Å². The molecule has 0 fully saturated rings. The molecule has 0 aliphatic heterocycles. The summed E-state index contributed by atoms with van der Waals surface area (Å²) >= 11 is 5.87. The highest BCUT2D eigenvalue weighted by atomic mass is 35.5. The fraction of sp³-hybridized carbons (Fsp3) is 0.111. The van der Waals surface area contributed by atoms with Crippen LogP contribution >= 0.6 is 11.6 Å². The summed E-state index contributed by atoms with van der Waals surface area (Å²) in [6, 6.07) is 5.32. The average molecular weight is 211 g/mol. The summed E-state index contributed by atoms with van der Waals surface area (Å²) in [5.41, 5.74) is 0.597. The smallest absolute Gasteiger partial charge is 0.323 e. The second kappa shape index (κ2) is 3.31. The van der Waals surface area contributed by atoms with E-state index < -0.39 is 5.97 Å². The van der Waals surface area contributed by atoms with Crippen molar-refractivity contribution < 1.29 is 9.90 Å². The number of aromatic nitrogens is 2. The van der Waals surface area contributed by atoms with Gasteiger partial charge in [0.1, 0.15) is 17.3 Å². The van der Waals surface area contributed by atoms with Gasteiger partial charge < -0.3 is 9.67 Å². The van der Waals surface area contributed by atoms with E-state index in [9.17, 15) is 4.79 Å². The van der Waals surface area contributed by atoms with E-state index >= 15 is 0 Å². The maximum Gasteiger partial charge on any atom is 0.323 e. The van der Waals surface area contributed by atoms with Crippen molar-refractivity contribution in [2.75, 3.05) is 0 Å². The molecule has 2 heterocycles. The molecule has 0 aliphatic rings. The number of carbonyl (C=O) groups is 1. The number of aliphatic carboxylic acids is 1. The highest BCUT2D eigenvalue weighted by Crippen LogP contribution is 2.21. The third kappa shape index (κ3) is 1.44. The van der Waals surface area contributed by atoms with E-state index in [1.165, 1.54) is 4.57 Å². The van der Waals surface area contributed by atoms with E-state index in [1.807, 2.05) is 6.07 Å². The highest BCUT2D eigenvalue weighted by Gasteiger charge is 2.09. The molecule has 5 heteroatoms. The van der Waals surface area contributed by atoms with Gasteiger partial charge in [0, 0.05) is 11.6 Å². The van der Waals surface area contributed by atoms with Crippen LogP contribution in [0.25, 0.3) is 11.0 Å². The first kappa shape index (κ1) is 9.02. The lowest BCUT2D eigenvalue weighted by Gasteiger charge is -2.01. The predicted molar refractivity (Wildman–Crippen MR) is 52.4 cm³/mol. The third-order valence-electron chi connectivity index (χ3n) is 1.90. The molecule has 0 amide bonds. The van der Waals surface area contributed by atoms with E-state index in [1.54, 1.807) is 18.3 Å². The van der Waals surface area contributed by atoms with Crippen LogP contribution in [-0.4, -0.2) is 20.6 Å². The van der Waals surface area contributed by atoms with Crippen LogP contribution in [0.15, 0.2) is 24.4 Å². The molecule has 14 heavy (non-hydrogen) atoms. The molecular weight excluding hydrogens is 204 g/mol. The Balaban J connectivity index is 2.62. The van der Waals surface area contributed by atoms with E-state index in [0.29, 0.717) is 10.8 Å². The molecule has 4 nitrogen and oxygen atoms in total. The number of hydrogen-bond acceptors (Lipinski definition) is 2. The van der Waals surface area contributed by atoms with Gasteiger partial charge in [-0.3, -0.25) is 4.79 Å². The molecule has 0 aromatic carbocycles. The largest absolute Gasteiger partial charge is 0.480 e. The van der Waals surface area contributed by atoms with Crippen molar-refractivity contribution >= 4 is 28.6 Å². The fourth-order valence-corrected chi connectivity index (χ4v) is 1.60. The number of rotatable bonds is 2. The minimum absolute atomic E-state index is 0.167. The van der Waals surface area contributed by atoms with Crippen molar-refractivity contribution in [1.29, 1.82) is 0 Å². The van der Waals surface area contributed by atoms with Gasteiger partial charge in [-0.2, -0.15) is 0 Å². The van der Waals surface area contributed by atoms with Gasteiger partial charge in [-0.05, 0) is 18.2 Å². The summed E-state index contributed by atoms with van der Waals surface area (Å²) in [7, 11) is 0. The molecule has 0 saturated carbocycles. The Labute approximate surface area is 84.7 Å². The molecule has 0 bridgehead atoms. The van der Waals surface area contributed by atoms with E-state index in [2.05, 4.69) is 4.98 Å². The van der Waals surface area contributed by atoms with Gasteiger partial charge in [0.15, 0.2) is 0 Å². The fourth-order valence-electron chi connectivity index (χ4n) is 1.34. The van der Waals surface area contributed by atoms with Crippen LogP contribution in [-0.2, 0) is 11.3 Å². The van der Waals surface area contributed by atoms with Crippen LogP contribution in [0.2, 0.25) is 5.15 Å². The van der Waals surface area contributed by atoms with Crippen molar-refractivity contribution in [3.63, 3.8) is 0 Å². The Hall–Kier alpha value is -1.55. The zero-order chi connectivity index (χ0) is 10.1. The van der Waals surface area contributed by atoms with Gasteiger partial charge in [-0.1, -0.05) is 11.6 Å². The summed E-state index contributed by atoms with van der Waals surface area (Å²) < 4.78 is 1.46. The lowest BCUT2D eigenvalue weighted by Crippen LogP contribution is -2.08. The van der Waals surface area contributed by atoms with E-state index in [0.717, 1.165) is 5.39 Å². The van der Waals surface area contributed by atoms with Gasteiger partial charge in [0.05, 0.1) is 0 Å². The zero-order valence-electron chi connectivity index (χ0n) is 7.14. The Morgan fingerprint density at radius 3 is 3.14 bits per heavy atom. The first-order chi connectivity index (χ1) is 6.68. The average Bonchev–Trinajstić information content (AvgIpc) is 2.43. The molecule has 0 atom stereocenters. The second-order valence-corrected chi connectivity index (χ2v) is 3.25. The Bertz CT molecular complexity index is 493. The van der Waals surface area contributed by atoms with Crippen LogP contribution in [0.3, 0.4) is 0 Å². The molecule has 2 rings (SSSR count). The summed E-state index contributed by atoms with van der Waals surface area (Å²) in [6.45, 7) is -0.167. The Morgan fingerprint density at radius 2 is 2.43 bits per heavy atom. The lowest BCUT2D eigenvalue weighted by molar-refractivity contribution is -0.137. The standard InChI is InChI=1S/C9H7ClN2O2/c10-7-4-6-2-1-3-11-9(6)12(7)5-8(13)14/h1-4H,5H2,(H,13,14). The topological polar surface area (TPSA) is 55.1 Å². The number of carboxylic acids is 1. The summed E-state index contributed by atoms with van der Waals surface area (Å²) in [4.78, 5) is 14.6. The molecule has 0 spiro atoms. The van der Waals surface area contributed by atoms with Crippen LogP contribution in [0, 0.1) is 0 Å². The Kier molecular flexibility index (Phi) is 2.13. The van der Waals surface area contributed by atoms with Crippen LogP contribution in [0.5, 0.6) is 0 Å². The van der Waals surface area contributed by atoms with Gasteiger partial charge in [0.2, 0.25) is 0 Å². The van der Waals surface area contributed by atoms with Crippen LogP contribution in [0.4, 0.5) is 0 Å². The third-order valence-corrected chi connectivity index (χ3v) is 2.21. The van der Waals surface area contributed by atoms with Crippen LogP contribution < -0.4 is 0 Å². The number of carboxylic acid groups (broad SMARTS) is 1. The molecule has 72 valence electrons. The highest BCUT2D eigenvalue weighted by molar-refractivity contribution is 6.30. The molecule has 0 saturated heterocycles. The van der Waals surface area contributed by atoms with Crippen molar-refractivity contribution in [1.82, 2.24) is 9.55 Å². The molecule has 0 aliphatic carbocycles. The zero-order valence-corrected chi connectivity index (χ0v) is 7.90. The van der Waals surface area contributed by atoms with Crippen molar-refractivity contribution in [2.24, 2.45) is 0 Å². The normalized spacial score (nSPS) is 10.6. The number of pyridine rings is 1. The number of halogens is 1. The second-order valence-electron chi connectivity index (χ2n) is 2.86. The monoisotopic (exact) mass is 210 g/mol. The van der Waals surface area contributed by atoms with E-state index in [4.69, 9.17) is 16.7 Å². The molecule has 1 N–H and O–H groups in total. The van der Waals surface area contributed by atoms with Gasteiger partial charge in [0.25, 0.3) is 0 Å². The lowest BCUT2D eigenvalue weighted by atomic mass is 10.3. The van der Waals surface area contributed by atoms with E-state index in [-0.39, 0.29) is 6.54 Å².